The molecule has 1 N–H and O–H groups in total. The number of rotatable bonds is 7. The maximum atomic E-state index is 13.3. The van der Waals surface area contributed by atoms with Crippen LogP contribution in [0.3, 0.4) is 0 Å². The molecule has 1 atom stereocenters. The Morgan fingerprint density at radius 3 is 2.54 bits per heavy atom. The summed E-state index contributed by atoms with van der Waals surface area (Å²) in [6.45, 7) is 0. The molecule has 0 aromatic heterocycles. The van der Waals surface area contributed by atoms with Crippen LogP contribution in [-0.4, -0.2) is 30.0 Å². The van der Waals surface area contributed by atoms with Crippen molar-refractivity contribution in [1.29, 1.82) is 0 Å². The zero-order valence-electron chi connectivity index (χ0n) is 14.0. The number of esters is 1. The molecular weight excluding hydrogens is 343 g/mol. The van der Waals surface area contributed by atoms with Gasteiger partial charge in [-0.05, 0) is 23.3 Å². The molecule has 0 aliphatic carbocycles. The third-order valence-corrected chi connectivity index (χ3v) is 3.64. The quantitative estimate of drug-likeness (QED) is 0.464. The molecule has 0 saturated heterocycles. The highest BCUT2D eigenvalue weighted by molar-refractivity contribution is 5.85. The fourth-order valence-corrected chi connectivity index (χ4v) is 2.45. The maximum Gasteiger partial charge on any atom is 0.328 e. The molecular formula is C18H17FN2O5. The van der Waals surface area contributed by atoms with Crippen molar-refractivity contribution in [1.82, 2.24) is 5.32 Å². The van der Waals surface area contributed by atoms with Gasteiger partial charge in [-0.2, -0.15) is 0 Å². The zero-order valence-corrected chi connectivity index (χ0v) is 14.0. The second-order valence-corrected chi connectivity index (χ2v) is 5.58. The van der Waals surface area contributed by atoms with Gasteiger partial charge in [0.2, 0.25) is 5.91 Å². The van der Waals surface area contributed by atoms with Gasteiger partial charge in [0.15, 0.2) is 0 Å². The van der Waals surface area contributed by atoms with E-state index in [1.165, 1.54) is 43.5 Å². The van der Waals surface area contributed by atoms with Gasteiger partial charge >= 0.3 is 5.97 Å². The van der Waals surface area contributed by atoms with Crippen molar-refractivity contribution in [3.63, 3.8) is 0 Å². The lowest BCUT2D eigenvalue weighted by Crippen LogP contribution is -2.43. The van der Waals surface area contributed by atoms with Crippen LogP contribution in [0, 0.1) is 15.9 Å². The Hall–Kier alpha value is -3.29. The van der Waals surface area contributed by atoms with Gasteiger partial charge in [-0.25, -0.2) is 9.18 Å². The van der Waals surface area contributed by atoms with Crippen LogP contribution in [0.1, 0.15) is 11.1 Å². The Morgan fingerprint density at radius 1 is 1.19 bits per heavy atom. The molecule has 8 heteroatoms. The average Bonchev–Trinajstić information content (AvgIpc) is 2.60. The lowest BCUT2D eigenvalue weighted by atomic mass is 10.0. The number of nitro benzene ring substituents is 1. The van der Waals surface area contributed by atoms with Crippen molar-refractivity contribution in [3.05, 3.63) is 75.6 Å². The lowest BCUT2D eigenvalue weighted by Gasteiger charge is -2.16. The van der Waals surface area contributed by atoms with Crippen molar-refractivity contribution >= 4 is 17.6 Å². The van der Waals surface area contributed by atoms with Crippen molar-refractivity contribution in [3.8, 4) is 0 Å². The molecule has 136 valence electrons. The molecule has 0 aliphatic heterocycles. The van der Waals surface area contributed by atoms with E-state index in [1.807, 2.05) is 0 Å². The van der Waals surface area contributed by atoms with Gasteiger partial charge in [0.05, 0.1) is 18.5 Å². The number of halogens is 1. The molecule has 0 bridgehead atoms. The molecule has 2 rings (SSSR count). The Kier molecular flexibility index (Phi) is 6.37. The topological polar surface area (TPSA) is 98.5 Å². The second-order valence-electron chi connectivity index (χ2n) is 5.58. The third kappa shape index (κ3) is 5.37. The fourth-order valence-electron chi connectivity index (χ4n) is 2.45. The Labute approximate surface area is 148 Å². The van der Waals surface area contributed by atoms with Crippen LogP contribution in [0.5, 0.6) is 0 Å². The van der Waals surface area contributed by atoms with E-state index in [4.69, 9.17) is 0 Å². The summed E-state index contributed by atoms with van der Waals surface area (Å²) in [6.07, 6.45) is -0.0799. The van der Waals surface area contributed by atoms with Gasteiger partial charge in [0, 0.05) is 18.6 Å². The molecule has 0 aliphatic rings. The van der Waals surface area contributed by atoms with Crippen LogP contribution in [0.25, 0.3) is 0 Å². The minimum atomic E-state index is -0.993. The van der Waals surface area contributed by atoms with E-state index in [-0.39, 0.29) is 18.5 Å². The van der Waals surface area contributed by atoms with E-state index in [9.17, 15) is 24.1 Å². The smallest absolute Gasteiger partial charge is 0.328 e. The highest BCUT2D eigenvalue weighted by atomic mass is 19.1. The van der Waals surface area contributed by atoms with Gasteiger partial charge in [-0.1, -0.05) is 24.3 Å². The SMILES string of the molecule is COC(=O)[C@H](Cc1cccc(F)c1)NC(=O)Cc1cccc([N+](=O)[O-])c1. The van der Waals surface area contributed by atoms with E-state index in [2.05, 4.69) is 10.1 Å². The summed E-state index contributed by atoms with van der Waals surface area (Å²) in [6, 6.07) is 10.4. The lowest BCUT2D eigenvalue weighted by molar-refractivity contribution is -0.384. The van der Waals surface area contributed by atoms with Crippen LogP contribution in [0.4, 0.5) is 10.1 Å². The first-order valence-electron chi connectivity index (χ1n) is 7.74. The zero-order chi connectivity index (χ0) is 19.1. The van der Waals surface area contributed by atoms with Gasteiger partial charge in [0.25, 0.3) is 5.69 Å². The van der Waals surface area contributed by atoms with Crippen molar-refractivity contribution < 1.29 is 23.6 Å². The van der Waals surface area contributed by atoms with E-state index in [1.54, 1.807) is 12.1 Å². The summed E-state index contributed by atoms with van der Waals surface area (Å²) in [7, 11) is 1.19. The number of amides is 1. The first-order chi connectivity index (χ1) is 12.4. The Morgan fingerprint density at radius 2 is 1.88 bits per heavy atom. The summed E-state index contributed by atoms with van der Waals surface area (Å²) < 4.78 is 18.0. The number of methoxy groups -OCH3 is 1. The summed E-state index contributed by atoms with van der Waals surface area (Å²) in [5.74, 6) is -1.62. The number of hydrogen-bond acceptors (Lipinski definition) is 5. The number of nitrogens with zero attached hydrogens (tertiary/aromatic N) is 1. The monoisotopic (exact) mass is 360 g/mol. The van der Waals surface area contributed by atoms with Crippen LogP contribution < -0.4 is 5.32 Å². The molecule has 0 spiro atoms. The molecule has 1 amide bonds. The molecule has 0 fully saturated rings. The Bertz CT molecular complexity index is 825. The van der Waals surface area contributed by atoms with E-state index >= 15 is 0 Å². The van der Waals surface area contributed by atoms with Gasteiger partial charge in [-0.15, -0.1) is 0 Å². The first-order valence-corrected chi connectivity index (χ1v) is 7.74. The fraction of sp³-hybridized carbons (Fsp3) is 0.222. The van der Waals surface area contributed by atoms with Crippen LogP contribution >= 0.6 is 0 Å². The number of carbonyl (C=O) groups is 2. The summed E-state index contributed by atoms with van der Waals surface area (Å²) in [5.41, 5.74) is 0.835. The van der Waals surface area contributed by atoms with E-state index in [0.29, 0.717) is 11.1 Å². The number of nitro groups is 1. The normalized spacial score (nSPS) is 11.5. The number of benzene rings is 2. The Balaban J connectivity index is 2.07. The number of ether oxygens (including phenoxy) is 1. The van der Waals surface area contributed by atoms with Crippen LogP contribution in [0.2, 0.25) is 0 Å². The first kappa shape index (κ1) is 19.0. The number of nitrogens with one attached hydrogen (secondary N) is 1. The minimum absolute atomic E-state index is 0.0606. The largest absolute Gasteiger partial charge is 0.467 e. The van der Waals surface area contributed by atoms with Crippen LogP contribution in [0.15, 0.2) is 48.5 Å². The van der Waals surface area contributed by atoms with Gasteiger partial charge in [0.1, 0.15) is 11.9 Å². The summed E-state index contributed by atoms with van der Waals surface area (Å²) >= 11 is 0. The molecule has 0 unspecified atom stereocenters. The molecule has 2 aromatic rings. The molecule has 7 nitrogen and oxygen atoms in total. The van der Waals surface area contributed by atoms with Crippen molar-refractivity contribution in [2.75, 3.05) is 7.11 Å². The molecule has 26 heavy (non-hydrogen) atoms. The third-order valence-electron chi connectivity index (χ3n) is 3.64. The number of hydrogen-bond donors (Lipinski definition) is 1. The summed E-state index contributed by atoms with van der Waals surface area (Å²) in [5, 5.41) is 13.3. The maximum absolute atomic E-state index is 13.3. The standard InChI is InChI=1S/C18H17FN2O5/c1-26-18(23)16(10-12-4-2-6-14(19)8-12)20-17(22)11-13-5-3-7-15(9-13)21(24)25/h2-9,16H,10-11H2,1H3,(H,20,22)/t16-/m0/s1. The highest BCUT2D eigenvalue weighted by Gasteiger charge is 2.22. The second kappa shape index (κ2) is 8.70. The van der Waals surface area contributed by atoms with Crippen molar-refractivity contribution in [2.45, 2.75) is 18.9 Å². The van der Waals surface area contributed by atoms with E-state index in [0.717, 1.165) is 0 Å². The molecule has 2 aromatic carbocycles. The average molecular weight is 360 g/mol. The summed E-state index contributed by atoms with van der Waals surface area (Å²) in [4.78, 5) is 34.4. The van der Waals surface area contributed by atoms with Crippen LogP contribution in [-0.2, 0) is 27.2 Å². The number of carbonyl (C=O) groups excluding carboxylic acids is 2. The predicted molar refractivity (Wildman–Crippen MR) is 90.9 cm³/mol. The van der Waals surface area contributed by atoms with Gasteiger partial charge in [-0.3, -0.25) is 14.9 Å². The van der Waals surface area contributed by atoms with Crippen molar-refractivity contribution in [2.24, 2.45) is 0 Å². The minimum Gasteiger partial charge on any atom is -0.467 e. The number of non-ortho nitro benzene ring substituents is 1. The highest BCUT2D eigenvalue weighted by Crippen LogP contribution is 2.14. The predicted octanol–water partition coefficient (Wildman–Crippen LogP) is 2.18. The molecule has 0 radical (unpaired) electrons. The van der Waals surface area contributed by atoms with Gasteiger partial charge < -0.3 is 10.1 Å². The molecule has 0 heterocycles. The van der Waals surface area contributed by atoms with E-state index < -0.39 is 28.7 Å². The molecule has 0 saturated carbocycles.